The van der Waals surface area contributed by atoms with Gasteiger partial charge in [-0.1, -0.05) is 41.9 Å². The first-order chi connectivity index (χ1) is 7.91. The molecular weight excluding hydrogens is 255 g/mol. The number of hydrogen-bond donors (Lipinski definition) is 1. The van der Waals surface area contributed by atoms with Crippen molar-refractivity contribution < 1.29 is 18.4 Å². The molecule has 2 nitrogen and oxygen atoms in total. The molecule has 0 amide bonds. The first-order valence-corrected chi connectivity index (χ1v) is 5.33. The Kier molecular flexibility index (Phi) is 4.40. The Balaban J connectivity index is 3.30. The fourth-order valence-corrected chi connectivity index (χ4v) is 1.92. The van der Waals surface area contributed by atoms with Gasteiger partial charge in [-0.25, -0.2) is 0 Å². The highest BCUT2D eigenvalue weighted by molar-refractivity contribution is 6.66. The van der Waals surface area contributed by atoms with Gasteiger partial charge in [0.1, 0.15) is 0 Å². The average molecular weight is 266 g/mol. The topological polar surface area (TPSA) is 32.6 Å². The molecule has 1 aromatic carbocycles. The van der Waals surface area contributed by atoms with Crippen LogP contribution in [-0.2, 0) is 6.18 Å². The van der Waals surface area contributed by atoms with Crippen molar-refractivity contribution in [3.63, 3.8) is 0 Å². The van der Waals surface area contributed by atoms with E-state index in [0.29, 0.717) is 6.42 Å². The van der Waals surface area contributed by atoms with Crippen molar-refractivity contribution in [2.24, 2.45) is 5.16 Å². The number of alkyl halides is 3. The smallest absolute Gasteiger partial charge is 0.410 e. The van der Waals surface area contributed by atoms with Gasteiger partial charge in [0, 0.05) is 5.92 Å². The van der Waals surface area contributed by atoms with Gasteiger partial charge in [-0.15, -0.1) is 0 Å². The minimum absolute atomic E-state index is 0.0188. The highest BCUT2D eigenvalue weighted by atomic mass is 35.5. The van der Waals surface area contributed by atoms with Crippen LogP contribution in [0.5, 0.6) is 0 Å². The van der Waals surface area contributed by atoms with Crippen LogP contribution >= 0.6 is 11.6 Å². The third-order valence-electron chi connectivity index (χ3n) is 2.43. The Bertz CT molecular complexity index is 417. The van der Waals surface area contributed by atoms with E-state index in [9.17, 15) is 13.2 Å². The Hall–Kier alpha value is -1.23. The van der Waals surface area contributed by atoms with Crippen molar-refractivity contribution in [3.05, 3.63) is 35.4 Å². The van der Waals surface area contributed by atoms with Crippen LogP contribution in [0.4, 0.5) is 13.2 Å². The maximum absolute atomic E-state index is 12.8. The summed E-state index contributed by atoms with van der Waals surface area (Å²) in [6.07, 6.45) is -4.13. The highest BCUT2D eigenvalue weighted by Gasteiger charge is 2.35. The van der Waals surface area contributed by atoms with Crippen LogP contribution < -0.4 is 0 Å². The first kappa shape index (κ1) is 13.8. The van der Waals surface area contributed by atoms with Gasteiger partial charge in [0.2, 0.25) is 0 Å². The molecule has 1 aromatic rings. The summed E-state index contributed by atoms with van der Waals surface area (Å²) in [4.78, 5) is 0. The predicted octanol–water partition coefficient (Wildman–Crippen LogP) is 4.23. The molecule has 0 heterocycles. The van der Waals surface area contributed by atoms with E-state index in [1.165, 1.54) is 18.2 Å². The Morgan fingerprint density at radius 2 is 2.00 bits per heavy atom. The van der Waals surface area contributed by atoms with Crippen molar-refractivity contribution in [2.45, 2.75) is 25.4 Å². The van der Waals surface area contributed by atoms with Crippen molar-refractivity contribution >= 4 is 16.8 Å². The Morgan fingerprint density at radius 3 is 2.47 bits per heavy atom. The van der Waals surface area contributed by atoms with Crippen molar-refractivity contribution in [2.75, 3.05) is 0 Å². The van der Waals surface area contributed by atoms with Crippen LogP contribution in [0, 0.1) is 0 Å². The van der Waals surface area contributed by atoms with Gasteiger partial charge in [0.15, 0.2) is 5.17 Å². The van der Waals surface area contributed by atoms with E-state index in [1.807, 2.05) is 0 Å². The SMILES string of the molecule is CCC(/C(Cl)=N/O)c1ccccc1C(F)(F)F. The number of oxime groups is 1. The second kappa shape index (κ2) is 5.40. The zero-order valence-electron chi connectivity index (χ0n) is 9.00. The standard InChI is InChI=1S/C11H11ClF3NO/c1-2-7(10(12)16-17)8-5-3-4-6-9(8)11(13,14)15/h3-7,17H,2H2,1H3/b16-10-. The summed E-state index contributed by atoms with van der Waals surface area (Å²) < 4.78 is 38.3. The molecule has 6 heteroatoms. The lowest BCUT2D eigenvalue weighted by molar-refractivity contribution is -0.138. The van der Waals surface area contributed by atoms with Crippen LogP contribution in [0.15, 0.2) is 29.4 Å². The summed E-state index contributed by atoms with van der Waals surface area (Å²) in [7, 11) is 0. The van der Waals surface area contributed by atoms with E-state index in [0.717, 1.165) is 6.07 Å². The molecule has 0 aliphatic carbocycles. The summed E-state index contributed by atoms with van der Waals surface area (Å²) in [6, 6.07) is 5.13. The summed E-state index contributed by atoms with van der Waals surface area (Å²) in [5.74, 6) is -0.750. The average Bonchev–Trinajstić information content (AvgIpc) is 2.29. The number of rotatable bonds is 3. The number of nitrogens with zero attached hydrogens (tertiary/aromatic N) is 1. The molecule has 0 fully saturated rings. The summed E-state index contributed by atoms with van der Waals surface area (Å²) >= 11 is 5.62. The van der Waals surface area contributed by atoms with E-state index in [-0.39, 0.29) is 10.7 Å². The van der Waals surface area contributed by atoms with Crippen LogP contribution in [0.2, 0.25) is 0 Å². The summed E-state index contributed by atoms with van der Waals surface area (Å²) in [5, 5.41) is 11.1. The quantitative estimate of drug-likeness (QED) is 0.495. The fourth-order valence-electron chi connectivity index (χ4n) is 1.65. The Morgan fingerprint density at radius 1 is 1.41 bits per heavy atom. The molecule has 1 atom stereocenters. The summed E-state index contributed by atoms with van der Waals surface area (Å²) in [6.45, 7) is 1.67. The lowest BCUT2D eigenvalue weighted by atomic mass is 9.92. The van der Waals surface area contributed by atoms with Gasteiger partial charge in [-0.3, -0.25) is 0 Å². The molecule has 0 aromatic heterocycles. The van der Waals surface area contributed by atoms with Gasteiger partial charge in [-0.05, 0) is 18.1 Å². The van der Waals surface area contributed by atoms with Crippen LogP contribution in [0.1, 0.15) is 30.4 Å². The van der Waals surface area contributed by atoms with E-state index >= 15 is 0 Å². The van der Waals surface area contributed by atoms with E-state index < -0.39 is 17.7 Å². The maximum atomic E-state index is 12.8. The molecule has 0 saturated carbocycles. The van der Waals surface area contributed by atoms with Crippen LogP contribution in [0.25, 0.3) is 0 Å². The molecule has 1 unspecified atom stereocenters. The molecule has 17 heavy (non-hydrogen) atoms. The second-order valence-electron chi connectivity index (χ2n) is 3.47. The third kappa shape index (κ3) is 3.12. The van der Waals surface area contributed by atoms with Gasteiger partial charge >= 0.3 is 6.18 Å². The third-order valence-corrected chi connectivity index (χ3v) is 2.77. The molecular formula is C11H11ClF3NO. The monoisotopic (exact) mass is 265 g/mol. The van der Waals surface area contributed by atoms with E-state index in [4.69, 9.17) is 16.8 Å². The van der Waals surface area contributed by atoms with Crippen molar-refractivity contribution in [1.29, 1.82) is 0 Å². The molecule has 0 spiro atoms. The number of hydrogen-bond acceptors (Lipinski definition) is 2. The van der Waals surface area contributed by atoms with Crippen LogP contribution in [0.3, 0.4) is 0 Å². The normalized spacial score (nSPS) is 14.8. The van der Waals surface area contributed by atoms with Crippen LogP contribution in [-0.4, -0.2) is 10.4 Å². The van der Waals surface area contributed by atoms with E-state index in [1.54, 1.807) is 6.92 Å². The van der Waals surface area contributed by atoms with Gasteiger partial charge in [0.25, 0.3) is 0 Å². The molecule has 0 aliphatic heterocycles. The lowest BCUT2D eigenvalue weighted by Crippen LogP contribution is -2.15. The first-order valence-electron chi connectivity index (χ1n) is 4.95. The largest absolute Gasteiger partial charge is 0.416 e. The zero-order valence-corrected chi connectivity index (χ0v) is 9.76. The molecule has 0 radical (unpaired) electrons. The van der Waals surface area contributed by atoms with Gasteiger partial charge < -0.3 is 5.21 Å². The molecule has 1 N–H and O–H groups in total. The Labute approximate surface area is 102 Å². The predicted molar refractivity (Wildman–Crippen MR) is 59.6 cm³/mol. The number of benzene rings is 1. The lowest BCUT2D eigenvalue weighted by Gasteiger charge is -2.18. The highest BCUT2D eigenvalue weighted by Crippen LogP contribution is 2.37. The zero-order chi connectivity index (χ0) is 13.1. The maximum Gasteiger partial charge on any atom is 0.416 e. The minimum atomic E-state index is -4.45. The molecule has 0 saturated heterocycles. The second-order valence-corrected chi connectivity index (χ2v) is 3.86. The molecule has 1 rings (SSSR count). The summed E-state index contributed by atoms with van der Waals surface area (Å²) in [5.41, 5.74) is -0.737. The molecule has 94 valence electrons. The van der Waals surface area contributed by atoms with Gasteiger partial charge in [-0.2, -0.15) is 13.2 Å². The fraction of sp³-hybridized carbons (Fsp3) is 0.364. The van der Waals surface area contributed by atoms with E-state index in [2.05, 4.69) is 5.16 Å². The van der Waals surface area contributed by atoms with Gasteiger partial charge in [0.05, 0.1) is 5.56 Å². The molecule has 0 aliphatic rings. The number of halogens is 4. The minimum Gasteiger partial charge on any atom is -0.410 e. The van der Waals surface area contributed by atoms with Crippen molar-refractivity contribution in [1.82, 2.24) is 0 Å². The molecule has 0 bridgehead atoms. The van der Waals surface area contributed by atoms with Crippen molar-refractivity contribution in [3.8, 4) is 0 Å².